The number of likely N-dealkylation sites (N-methyl/N-ethyl adjacent to an activating group) is 1. The Balaban J connectivity index is 2.18. The first-order chi connectivity index (χ1) is 9.24. The van der Waals surface area contributed by atoms with Crippen LogP contribution in [-0.4, -0.2) is 18.6 Å². The Morgan fingerprint density at radius 3 is 2.84 bits per heavy atom. The zero-order chi connectivity index (χ0) is 13.7. The molecule has 1 N–H and O–H groups in total. The van der Waals surface area contributed by atoms with Crippen LogP contribution in [0.1, 0.15) is 29.1 Å². The van der Waals surface area contributed by atoms with Crippen molar-refractivity contribution in [3.8, 4) is 5.75 Å². The monoisotopic (exact) mass is 276 g/mol. The van der Waals surface area contributed by atoms with E-state index in [1.165, 1.54) is 10.4 Å². The van der Waals surface area contributed by atoms with E-state index in [-0.39, 0.29) is 6.04 Å². The molecule has 0 aliphatic heterocycles. The molecule has 0 saturated heterocycles. The minimum Gasteiger partial charge on any atom is -0.496 e. The van der Waals surface area contributed by atoms with Gasteiger partial charge in [0.15, 0.2) is 0 Å². The summed E-state index contributed by atoms with van der Waals surface area (Å²) in [6.45, 7) is 5.11. The minimum atomic E-state index is 0.259. The molecule has 0 aliphatic rings. The third kappa shape index (κ3) is 3.55. The fourth-order valence-electron chi connectivity index (χ4n) is 2.06. The van der Waals surface area contributed by atoms with Crippen LogP contribution in [0.2, 0.25) is 0 Å². The predicted octanol–water partition coefficient (Wildman–Crippen LogP) is 3.35. The van der Waals surface area contributed by atoms with Crippen molar-refractivity contribution in [3.63, 3.8) is 0 Å². The number of methoxy groups -OCH3 is 1. The largest absolute Gasteiger partial charge is 0.496 e. The summed E-state index contributed by atoms with van der Waals surface area (Å²) in [5.41, 5.74) is 2.30. The van der Waals surface area contributed by atoms with Crippen molar-refractivity contribution in [1.29, 1.82) is 0 Å². The average Bonchev–Trinajstić information content (AvgIpc) is 2.89. The van der Waals surface area contributed by atoms with Gasteiger partial charge in [-0.1, -0.05) is 13.0 Å². The first-order valence-electron chi connectivity index (χ1n) is 6.51. The Hall–Kier alpha value is -1.39. The molecule has 0 aromatic carbocycles. The smallest absolute Gasteiger partial charge is 0.134 e. The molecule has 1 unspecified atom stereocenters. The summed E-state index contributed by atoms with van der Waals surface area (Å²) in [7, 11) is 1.72. The molecule has 2 aromatic heterocycles. The third-order valence-corrected chi connectivity index (χ3v) is 4.04. The SMILES string of the molecule is CCNC(Cc1ccc(C)cn1)c1sccc1OC. The number of aromatic nitrogens is 1. The fourth-order valence-corrected chi connectivity index (χ4v) is 3.00. The van der Waals surface area contributed by atoms with Gasteiger partial charge in [-0.3, -0.25) is 4.98 Å². The Bertz CT molecular complexity index is 507. The lowest BCUT2D eigenvalue weighted by atomic mass is 10.1. The topological polar surface area (TPSA) is 34.2 Å². The summed E-state index contributed by atoms with van der Waals surface area (Å²) in [5, 5.41) is 5.58. The quantitative estimate of drug-likeness (QED) is 0.878. The molecule has 0 fully saturated rings. The number of rotatable bonds is 6. The van der Waals surface area contributed by atoms with Gasteiger partial charge in [0.05, 0.1) is 18.0 Å². The molecule has 0 bridgehead atoms. The Kier molecular flexibility index (Phi) is 4.93. The summed E-state index contributed by atoms with van der Waals surface area (Å²) in [6, 6.07) is 6.49. The second-order valence-corrected chi connectivity index (χ2v) is 5.44. The van der Waals surface area contributed by atoms with E-state index in [4.69, 9.17) is 4.74 Å². The van der Waals surface area contributed by atoms with Crippen molar-refractivity contribution in [2.24, 2.45) is 0 Å². The lowest BCUT2D eigenvalue weighted by Crippen LogP contribution is -2.22. The van der Waals surface area contributed by atoms with Crippen LogP contribution in [0.4, 0.5) is 0 Å². The molecule has 4 heteroatoms. The van der Waals surface area contributed by atoms with Crippen molar-refractivity contribution >= 4 is 11.3 Å². The van der Waals surface area contributed by atoms with Crippen molar-refractivity contribution in [2.75, 3.05) is 13.7 Å². The van der Waals surface area contributed by atoms with Crippen LogP contribution in [0.5, 0.6) is 5.75 Å². The molecular formula is C15H20N2OS. The van der Waals surface area contributed by atoms with E-state index in [2.05, 4.69) is 41.7 Å². The second kappa shape index (κ2) is 6.68. The third-order valence-electron chi connectivity index (χ3n) is 3.03. The van der Waals surface area contributed by atoms with Crippen LogP contribution in [-0.2, 0) is 6.42 Å². The molecular weight excluding hydrogens is 256 g/mol. The number of pyridine rings is 1. The summed E-state index contributed by atoms with van der Waals surface area (Å²) in [6.07, 6.45) is 2.80. The van der Waals surface area contributed by atoms with E-state index >= 15 is 0 Å². The van der Waals surface area contributed by atoms with Gasteiger partial charge in [0.2, 0.25) is 0 Å². The fraction of sp³-hybridized carbons (Fsp3) is 0.400. The van der Waals surface area contributed by atoms with Gasteiger partial charge >= 0.3 is 0 Å². The molecule has 0 aliphatic carbocycles. The number of nitrogens with zero attached hydrogens (tertiary/aromatic N) is 1. The molecule has 0 amide bonds. The van der Waals surface area contributed by atoms with Gasteiger partial charge in [0, 0.05) is 18.3 Å². The molecule has 0 spiro atoms. The summed E-state index contributed by atoms with van der Waals surface area (Å²) >= 11 is 1.73. The molecule has 19 heavy (non-hydrogen) atoms. The normalized spacial score (nSPS) is 12.4. The maximum atomic E-state index is 5.42. The van der Waals surface area contributed by atoms with E-state index in [1.54, 1.807) is 18.4 Å². The second-order valence-electron chi connectivity index (χ2n) is 4.49. The van der Waals surface area contributed by atoms with Gasteiger partial charge in [0.1, 0.15) is 5.75 Å². The number of hydrogen-bond acceptors (Lipinski definition) is 4. The summed E-state index contributed by atoms with van der Waals surface area (Å²) < 4.78 is 5.42. The van der Waals surface area contributed by atoms with Crippen molar-refractivity contribution < 1.29 is 4.74 Å². The van der Waals surface area contributed by atoms with Crippen LogP contribution < -0.4 is 10.1 Å². The van der Waals surface area contributed by atoms with E-state index in [0.29, 0.717) is 0 Å². The van der Waals surface area contributed by atoms with Gasteiger partial charge in [-0.15, -0.1) is 11.3 Å². The number of thiophene rings is 1. The Morgan fingerprint density at radius 1 is 1.37 bits per heavy atom. The predicted molar refractivity (Wildman–Crippen MR) is 80.0 cm³/mol. The Labute approximate surface area is 118 Å². The van der Waals surface area contributed by atoms with Gasteiger partial charge < -0.3 is 10.1 Å². The summed E-state index contributed by atoms with van der Waals surface area (Å²) in [5.74, 6) is 0.961. The molecule has 1 atom stereocenters. The maximum Gasteiger partial charge on any atom is 0.134 e. The highest BCUT2D eigenvalue weighted by Crippen LogP contribution is 2.32. The molecule has 0 radical (unpaired) electrons. The van der Waals surface area contributed by atoms with E-state index in [0.717, 1.165) is 24.4 Å². The average molecular weight is 276 g/mol. The van der Waals surface area contributed by atoms with Crippen LogP contribution in [0.15, 0.2) is 29.8 Å². The molecule has 2 rings (SSSR count). The van der Waals surface area contributed by atoms with Crippen LogP contribution >= 0.6 is 11.3 Å². The van der Waals surface area contributed by atoms with Crippen molar-refractivity contribution in [2.45, 2.75) is 26.3 Å². The molecule has 3 nitrogen and oxygen atoms in total. The molecule has 2 heterocycles. The maximum absolute atomic E-state index is 5.42. The summed E-state index contributed by atoms with van der Waals surface area (Å²) in [4.78, 5) is 5.73. The highest BCUT2D eigenvalue weighted by molar-refractivity contribution is 7.10. The lowest BCUT2D eigenvalue weighted by Gasteiger charge is -2.17. The van der Waals surface area contributed by atoms with Gasteiger partial charge in [-0.2, -0.15) is 0 Å². The number of nitrogens with one attached hydrogen (secondary N) is 1. The standard InChI is InChI=1S/C15H20N2OS/c1-4-16-13(15-14(18-3)7-8-19-15)9-12-6-5-11(2)10-17-12/h5-8,10,13,16H,4,9H2,1-3H3. The molecule has 0 saturated carbocycles. The van der Waals surface area contributed by atoms with Gasteiger partial charge in [0.25, 0.3) is 0 Å². The van der Waals surface area contributed by atoms with Gasteiger partial charge in [-0.05, 0) is 36.5 Å². The highest BCUT2D eigenvalue weighted by atomic mass is 32.1. The van der Waals surface area contributed by atoms with Crippen LogP contribution in [0, 0.1) is 6.92 Å². The number of aryl methyl sites for hydroxylation is 1. The lowest BCUT2D eigenvalue weighted by molar-refractivity contribution is 0.403. The van der Waals surface area contributed by atoms with Gasteiger partial charge in [-0.25, -0.2) is 0 Å². The highest BCUT2D eigenvalue weighted by Gasteiger charge is 2.17. The number of hydrogen-bond donors (Lipinski definition) is 1. The zero-order valence-corrected chi connectivity index (χ0v) is 12.5. The van der Waals surface area contributed by atoms with Crippen molar-refractivity contribution in [3.05, 3.63) is 45.9 Å². The Morgan fingerprint density at radius 2 is 2.21 bits per heavy atom. The minimum absolute atomic E-state index is 0.259. The molecule has 102 valence electrons. The van der Waals surface area contributed by atoms with E-state index in [1.807, 2.05) is 12.3 Å². The van der Waals surface area contributed by atoms with E-state index in [9.17, 15) is 0 Å². The van der Waals surface area contributed by atoms with Crippen molar-refractivity contribution in [1.82, 2.24) is 10.3 Å². The number of ether oxygens (including phenoxy) is 1. The van der Waals surface area contributed by atoms with Crippen LogP contribution in [0.25, 0.3) is 0 Å². The zero-order valence-electron chi connectivity index (χ0n) is 11.6. The van der Waals surface area contributed by atoms with Crippen LogP contribution in [0.3, 0.4) is 0 Å². The first kappa shape index (κ1) is 14.0. The molecule has 2 aromatic rings. The first-order valence-corrected chi connectivity index (χ1v) is 7.38. The van der Waals surface area contributed by atoms with E-state index < -0.39 is 0 Å².